The van der Waals surface area contributed by atoms with Crippen LogP contribution in [-0.4, -0.2) is 9.97 Å². The van der Waals surface area contributed by atoms with Gasteiger partial charge in [-0.15, -0.1) is 0 Å². The van der Waals surface area contributed by atoms with Crippen LogP contribution in [0.3, 0.4) is 0 Å². The molecule has 1 aromatic heterocycles. The maximum atomic E-state index is 12.9. The lowest BCUT2D eigenvalue weighted by molar-refractivity contribution is 0.625. The number of anilines is 1. The molecule has 0 aliphatic carbocycles. The van der Waals surface area contributed by atoms with Gasteiger partial charge in [0.15, 0.2) is 5.95 Å². The normalized spacial score (nSPS) is 10.5. The molecule has 0 fully saturated rings. The molecule has 0 bridgehead atoms. The summed E-state index contributed by atoms with van der Waals surface area (Å²) in [5, 5.41) is 0. The fourth-order valence-electron chi connectivity index (χ4n) is 1.48. The first-order chi connectivity index (χ1) is 7.24. The van der Waals surface area contributed by atoms with Crippen molar-refractivity contribution in [1.29, 1.82) is 0 Å². The Morgan fingerprint density at radius 3 is 2.87 bits per heavy atom. The Labute approximate surface area is 87.2 Å². The van der Waals surface area contributed by atoms with E-state index < -0.39 is 0 Å². The van der Waals surface area contributed by atoms with Crippen LogP contribution in [0.4, 0.5) is 10.3 Å². The molecule has 0 amide bonds. The molecule has 0 spiro atoms. The first-order valence-corrected chi connectivity index (χ1v) is 4.78. The number of nitrogens with zero attached hydrogens (tertiary/aromatic N) is 1. The summed E-state index contributed by atoms with van der Waals surface area (Å²) in [4.78, 5) is 6.83. The van der Waals surface area contributed by atoms with Gasteiger partial charge in [-0.1, -0.05) is 12.1 Å². The molecule has 3 N–H and O–H groups in total. The van der Waals surface area contributed by atoms with Crippen LogP contribution in [0.25, 0.3) is 0 Å². The zero-order chi connectivity index (χ0) is 10.7. The van der Waals surface area contributed by atoms with Crippen molar-refractivity contribution in [2.24, 2.45) is 0 Å². The van der Waals surface area contributed by atoms with Gasteiger partial charge in [-0.05, 0) is 30.5 Å². The quantitative estimate of drug-likeness (QED) is 0.804. The molecule has 0 atom stereocenters. The number of hydrogen-bond donors (Lipinski definition) is 2. The summed E-state index contributed by atoms with van der Waals surface area (Å²) in [6, 6.07) is 6.60. The smallest absolute Gasteiger partial charge is 0.197 e. The number of benzene rings is 1. The zero-order valence-corrected chi connectivity index (χ0v) is 8.20. The molecule has 78 valence electrons. The summed E-state index contributed by atoms with van der Waals surface area (Å²) >= 11 is 0. The number of H-pyrrole nitrogens is 1. The maximum absolute atomic E-state index is 12.9. The van der Waals surface area contributed by atoms with E-state index in [1.54, 1.807) is 18.3 Å². The second-order valence-corrected chi connectivity index (χ2v) is 3.42. The Morgan fingerprint density at radius 1 is 1.33 bits per heavy atom. The van der Waals surface area contributed by atoms with Crippen molar-refractivity contribution in [3.8, 4) is 0 Å². The Morgan fingerprint density at radius 2 is 2.20 bits per heavy atom. The van der Waals surface area contributed by atoms with Crippen molar-refractivity contribution in [2.45, 2.75) is 12.8 Å². The van der Waals surface area contributed by atoms with Gasteiger partial charge in [-0.2, -0.15) is 0 Å². The van der Waals surface area contributed by atoms with Crippen LogP contribution in [0.15, 0.2) is 30.5 Å². The minimum absolute atomic E-state index is 0.198. The van der Waals surface area contributed by atoms with Gasteiger partial charge in [0.2, 0.25) is 0 Å². The van der Waals surface area contributed by atoms with Crippen LogP contribution in [0.2, 0.25) is 0 Å². The molecular formula is C11H12FN3. The summed E-state index contributed by atoms with van der Waals surface area (Å²) in [6.45, 7) is 0. The molecule has 0 radical (unpaired) electrons. The second-order valence-electron chi connectivity index (χ2n) is 3.42. The van der Waals surface area contributed by atoms with E-state index in [1.165, 1.54) is 6.07 Å². The molecule has 15 heavy (non-hydrogen) atoms. The predicted molar refractivity (Wildman–Crippen MR) is 56.8 cm³/mol. The minimum Gasteiger partial charge on any atom is -0.369 e. The summed E-state index contributed by atoms with van der Waals surface area (Å²) in [5.41, 5.74) is 7.39. The van der Waals surface area contributed by atoms with Gasteiger partial charge in [0, 0.05) is 5.69 Å². The molecule has 2 rings (SSSR count). The first kappa shape index (κ1) is 9.71. The Kier molecular flexibility index (Phi) is 2.67. The van der Waals surface area contributed by atoms with E-state index in [4.69, 9.17) is 5.73 Å². The van der Waals surface area contributed by atoms with Gasteiger partial charge in [0.25, 0.3) is 0 Å². The second kappa shape index (κ2) is 4.13. The van der Waals surface area contributed by atoms with Gasteiger partial charge < -0.3 is 10.7 Å². The number of aromatic amines is 1. The number of nitrogens with one attached hydrogen (secondary N) is 1. The lowest BCUT2D eigenvalue weighted by atomic mass is 10.1. The zero-order valence-electron chi connectivity index (χ0n) is 8.20. The molecule has 2 aromatic rings. The van der Waals surface area contributed by atoms with E-state index in [9.17, 15) is 4.39 Å². The van der Waals surface area contributed by atoms with Crippen LogP contribution in [0.5, 0.6) is 0 Å². The third-order valence-corrected chi connectivity index (χ3v) is 2.22. The third kappa shape index (κ3) is 2.56. The van der Waals surface area contributed by atoms with Crippen molar-refractivity contribution >= 4 is 5.95 Å². The molecule has 1 aromatic carbocycles. The average Bonchev–Trinajstić information content (AvgIpc) is 2.62. The monoisotopic (exact) mass is 205 g/mol. The van der Waals surface area contributed by atoms with E-state index in [2.05, 4.69) is 9.97 Å². The SMILES string of the molecule is Nc1ncc(CCc2cccc(F)c2)[nH]1. The average molecular weight is 205 g/mol. The lowest BCUT2D eigenvalue weighted by Crippen LogP contribution is -1.93. The summed E-state index contributed by atoms with van der Waals surface area (Å²) < 4.78 is 12.9. The molecule has 1 heterocycles. The van der Waals surface area contributed by atoms with Gasteiger partial charge in [-0.25, -0.2) is 9.37 Å². The van der Waals surface area contributed by atoms with E-state index in [1.807, 2.05) is 6.07 Å². The topological polar surface area (TPSA) is 54.7 Å². The van der Waals surface area contributed by atoms with Crippen LogP contribution in [0.1, 0.15) is 11.3 Å². The van der Waals surface area contributed by atoms with Crippen molar-refractivity contribution in [2.75, 3.05) is 5.73 Å². The minimum atomic E-state index is -0.198. The molecule has 4 heteroatoms. The maximum Gasteiger partial charge on any atom is 0.197 e. The van der Waals surface area contributed by atoms with E-state index in [-0.39, 0.29) is 5.82 Å². The number of nitrogen functional groups attached to an aromatic ring is 1. The van der Waals surface area contributed by atoms with E-state index in [0.717, 1.165) is 24.1 Å². The lowest BCUT2D eigenvalue weighted by Gasteiger charge is -1.99. The van der Waals surface area contributed by atoms with Crippen LogP contribution >= 0.6 is 0 Å². The van der Waals surface area contributed by atoms with Crippen molar-refractivity contribution in [3.63, 3.8) is 0 Å². The molecular weight excluding hydrogens is 193 g/mol. The Hall–Kier alpha value is -1.84. The highest BCUT2D eigenvalue weighted by atomic mass is 19.1. The highest BCUT2D eigenvalue weighted by molar-refractivity contribution is 5.21. The highest BCUT2D eigenvalue weighted by Gasteiger charge is 1.99. The molecule has 0 unspecified atom stereocenters. The third-order valence-electron chi connectivity index (χ3n) is 2.22. The number of hydrogen-bond acceptors (Lipinski definition) is 2. The van der Waals surface area contributed by atoms with Gasteiger partial charge in [-0.3, -0.25) is 0 Å². The summed E-state index contributed by atoms with van der Waals surface area (Å²) in [7, 11) is 0. The van der Waals surface area contributed by atoms with Gasteiger partial charge in [0.1, 0.15) is 5.82 Å². The summed E-state index contributed by atoms with van der Waals surface area (Å²) in [6.07, 6.45) is 3.27. The van der Waals surface area contributed by atoms with E-state index in [0.29, 0.717) is 5.95 Å². The van der Waals surface area contributed by atoms with Crippen molar-refractivity contribution < 1.29 is 4.39 Å². The van der Waals surface area contributed by atoms with E-state index >= 15 is 0 Å². The number of halogens is 1. The number of nitrogens with two attached hydrogens (primary N) is 1. The molecule has 3 nitrogen and oxygen atoms in total. The van der Waals surface area contributed by atoms with Crippen molar-refractivity contribution in [1.82, 2.24) is 9.97 Å². The van der Waals surface area contributed by atoms with Crippen LogP contribution in [0, 0.1) is 5.82 Å². The molecule has 0 saturated carbocycles. The molecule has 0 saturated heterocycles. The number of aryl methyl sites for hydroxylation is 2. The van der Waals surface area contributed by atoms with Gasteiger partial charge >= 0.3 is 0 Å². The van der Waals surface area contributed by atoms with Crippen molar-refractivity contribution in [3.05, 3.63) is 47.5 Å². The number of aromatic nitrogens is 2. The largest absolute Gasteiger partial charge is 0.369 e. The fourth-order valence-corrected chi connectivity index (χ4v) is 1.48. The summed E-state index contributed by atoms with van der Waals surface area (Å²) in [5.74, 6) is 0.223. The first-order valence-electron chi connectivity index (χ1n) is 4.78. The number of rotatable bonds is 3. The Bertz CT molecular complexity index is 451. The molecule has 0 aliphatic rings. The molecule has 0 aliphatic heterocycles. The number of imidazole rings is 1. The standard InChI is InChI=1S/C11H12FN3/c12-9-3-1-2-8(6-9)4-5-10-7-14-11(13)15-10/h1-3,6-7H,4-5H2,(H3,13,14,15). The highest BCUT2D eigenvalue weighted by Crippen LogP contribution is 2.08. The predicted octanol–water partition coefficient (Wildman–Crippen LogP) is 1.92. The Balaban J connectivity index is 1.99. The van der Waals surface area contributed by atoms with Crippen LogP contribution in [-0.2, 0) is 12.8 Å². The van der Waals surface area contributed by atoms with Crippen LogP contribution < -0.4 is 5.73 Å². The van der Waals surface area contributed by atoms with Gasteiger partial charge in [0.05, 0.1) is 6.20 Å². The fraction of sp³-hybridized carbons (Fsp3) is 0.182.